The van der Waals surface area contributed by atoms with Crippen molar-refractivity contribution in [2.24, 2.45) is 5.73 Å². The van der Waals surface area contributed by atoms with E-state index < -0.39 is 0 Å². The second-order valence-corrected chi connectivity index (χ2v) is 4.33. The molecule has 104 valence electrons. The Bertz CT molecular complexity index is 449. The molecule has 0 aliphatic carbocycles. The van der Waals surface area contributed by atoms with Crippen LogP contribution in [0.4, 0.5) is 4.39 Å². The molecule has 0 unspecified atom stereocenters. The van der Waals surface area contributed by atoms with E-state index in [2.05, 4.69) is 11.8 Å². The molecule has 0 aromatic heterocycles. The van der Waals surface area contributed by atoms with E-state index in [4.69, 9.17) is 15.2 Å². The van der Waals surface area contributed by atoms with Crippen LogP contribution < -0.4 is 5.73 Å². The molecule has 0 aliphatic rings. The molecule has 0 spiro atoms. The molecule has 0 heterocycles. The van der Waals surface area contributed by atoms with Crippen molar-refractivity contribution in [1.29, 1.82) is 0 Å². The molecule has 2 N–H and O–H groups in total. The molecule has 1 rings (SSSR count). The maximum atomic E-state index is 13.4. The molecule has 3 nitrogen and oxygen atoms in total. The van der Waals surface area contributed by atoms with Crippen molar-refractivity contribution in [1.82, 2.24) is 0 Å². The maximum Gasteiger partial charge on any atom is 0.124 e. The zero-order valence-electron chi connectivity index (χ0n) is 11.4. The number of nitrogens with two attached hydrogens (primary N) is 1. The maximum absolute atomic E-state index is 13.4. The Morgan fingerprint density at radius 1 is 1.26 bits per heavy atom. The average molecular weight is 265 g/mol. The number of benzene rings is 1. The SMILES string of the molecule is CC(C)OCCOCc1cc(F)cc(C#CCN)c1. The minimum Gasteiger partial charge on any atom is -0.376 e. The van der Waals surface area contributed by atoms with Crippen molar-refractivity contribution >= 4 is 0 Å². The van der Waals surface area contributed by atoms with Gasteiger partial charge in [-0.2, -0.15) is 0 Å². The van der Waals surface area contributed by atoms with E-state index in [9.17, 15) is 4.39 Å². The van der Waals surface area contributed by atoms with Gasteiger partial charge in [0.15, 0.2) is 0 Å². The zero-order valence-corrected chi connectivity index (χ0v) is 11.4. The first-order chi connectivity index (χ1) is 9.11. The zero-order chi connectivity index (χ0) is 14.1. The van der Waals surface area contributed by atoms with Crippen LogP contribution in [0, 0.1) is 17.7 Å². The van der Waals surface area contributed by atoms with Crippen LogP contribution in [0.15, 0.2) is 18.2 Å². The number of halogens is 1. The van der Waals surface area contributed by atoms with Gasteiger partial charge >= 0.3 is 0 Å². The first kappa shape index (κ1) is 15.6. The van der Waals surface area contributed by atoms with E-state index in [1.54, 1.807) is 6.07 Å². The Hall–Kier alpha value is -1.41. The van der Waals surface area contributed by atoms with Crippen molar-refractivity contribution in [2.75, 3.05) is 19.8 Å². The predicted molar refractivity (Wildman–Crippen MR) is 73.1 cm³/mol. The first-order valence-corrected chi connectivity index (χ1v) is 6.29. The quantitative estimate of drug-likeness (QED) is 0.632. The van der Waals surface area contributed by atoms with Crippen molar-refractivity contribution in [3.05, 3.63) is 35.1 Å². The molecule has 0 saturated carbocycles. The molecular formula is C15H20FNO2. The van der Waals surface area contributed by atoms with Crippen molar-refractivity contribution in [3.8, 4) is 11.8 Å². The Labute approximate surface area is 113 Å². The van der Waals surface area contributed by atoms with Gasteiger partial charge in [-0.25, -0.2) is 4.39 Å². The molecule has 1 aromatic carbocycles. The number of ether oxygens (including phenoxy) is 2. The fourth-order valence-corrected chi connectivity index (χ4v) is 1.49. The highest BCUT2D eigenvalue weighted by molar-refractivity contribution is 5.37. The molecule has 0 saturated heterocycles. The van der Waals surface area contributed by atoms with Gasteiger partial charge in [0.1, 0.15) is 5.82 Å². The highest BCUT2D eigenvalue weighted by Gasteiger charge is 2.00. The summed E-state index contributed by atoms with van der Waals surface area (Å²) in [5.41, 5.74) is 6.65. The number of hydrogen-bond acceptors (Lipinski definition) is 3. The van der Waals surface area contributed by atoms with E-state index in [1.807, 2.05) is 13.8 Å². The standard InChI is InChI=1S/C15H20FNO2/c1-12(2)19-7-6-18-11-14-8-13(4-3-5-17)9-15(16)10-14/h8-10,12H,5-7,11,17H2,1-2H3. The topological polar surface area (TPSA) is 44.5 Å². The van der Waals surface area contributed by atoms with Crippen LogP contribution in [-0.2, 0) is 16.1 Å². The summed E-state index contributed by atoms with van der Waals surface area (Å²) in [7, 11) is 0. The minimum absolute atomic E-state index is 0.191. The second kappa shape index (κ2) is 8.65. The smallest absolute Gasteiger partial charge is 0.124 e. The van der Waals surface area contributed by atoms with E-state index in [0.717, 1.165) is 5.56 Å². The lowest BCUT2D eigenvalue weighted by molar-refractivity contribution is 0.0142. The Morgan fingerprint density at radius 2 is 2.05 bits per heavy atom. The van der Waals surface area contributed by atoms with Gasteiger partial charge in [0.2, 0.25) is 0 Å². The number of rotatable bonds is 6. The van der Waals surface area contributed by atoms with E-state index in [1.165, 1.54) is 12.1 Å². The second-order valence-electron chi connectivity index (χ2n) is 4.33. The Morgan fingerprint density at radius 3 is 2.74 bits per heavy atom. The van der Waals surface area contributed by atoms with Crippen LogP contribution >= 0.6 is 0 Å². The number of hydrogen-bond donors (Lipinski definition) is 1. The summed E-state index contributed by atoms with van der Waals surface area (Å²) in [6.07, 6.45) is 0.191. The summed E-state index contributed by atoms with van der Waals surface area (Å²) in [6.45, 7) is 5.56. The highest BCUT2D eigenvalue weighted by atomic mass is 19.1. The molecule has 4 heteroatoms. The van der Waals surface area contributed by atoms with Crippen LogP contribution in [0.3, 0.4) is 0 Å². The molecule has 1 aromatic rings. The molecule has 0 fully saturated rings. The van der Waals surface area contributed by atoms with Crippen LogP contribution in [0.25, 0.3) is 0 Å². The Balaban J connectivity index is 2.47. The third-order valence-corrected chi connectivity index (χ3v) is 2.24. The fraction of sp³-hybridized carbons (Fsp3) is 0.467. The summed E-state index contributed by atoms with van der Waals surface area (Å²) in [5.74, 6) is 5.19. The van der Waals surface area contributed by atoms with Crippen molar-refractivity contribution in [3.63, 3.8) is 0 Å². The summed E-state index contributed by atoms with van der Waals surface area (Å²) in [6, 6.07) is 4.63. The lowest BCUT2D eigenvalue weighted by atomic mass is 10.1. The van der Waals surface area contributed by atoms with Crippen molar-refractivity contribution in [2.45, 2.75) is 26.6 Å². The fourth-order valence-electron chi connectivity index (χ4n) is 1.49. The van der Waals surface area contributed by atoms with E-state index in [0.29, 0.717) is 25.4 Å². The summed E-state index contributed by atoms with van der Waals surface area (Å²) in [4.78, 5) is 0. The Kier molecular flexibility index (Phi) is 7.12. The van der Waals surface area contributed by atoms with Gasteiger partial charge in [0, 0.05) is 5.56 Å². The van der Waals surface area contributed by atoms with Gasteiger partial charge in [0.05, 0.1) is 32.5 Å². The van der Waals surface area contributed by atoms with Gasteiger partial charge < -0.3 is 15.2 Å². The largest absolute Gasteiger partial charge is 0.376 e. The van der Waals surface area contributed by atoms with E-state index in [-0.39, 0.29) is 18.5 Å². The summed E-state index contributed by atoms with van der Waals surface area (Å²) < 4.78 is 24.1. The molecule has 0 radical (unpaired) electrons. The van der Waals surface area contributed by atoms with Crippen LogP contribution in [0.2, 0.25) is 0 Å². The molecule has 0 amide bonds. The third-order valence-electron chi connectivity index (χ3n) is 2.24. The molecule has 0 bridgehead atoms. The lowest BCUT2D eigenvalue weighted by Gasteiger charge is -2.08. The third kappa shape index (κ3) is 6.92. The van der Waals surface area contributed by atoms with Crippen LogP contribution in [-0.4, -0.2) is 25.9 Å². The predicted octanol–water partition coefficient (Wildman–Crippen LogP) is 2.08. The summed E-state index contributed by atoms with van der Waals surface area (Å²) in [5, 5.41) is 0. The lowest BCUT2D eigenvalue weighted by Crippen LogP contribution is -2.09. The summed E-state index contributed by atoms with van der Waals surface area (Å²) >= 11 is 0. The van der Waals surface area contributed by atoms with E-state index >= 15 is 0 Å². The average Bonchev–Trinajstić information content (AvgIpc) is 2.35. The molecule has 0 atom stereocenters. The van der Waals surface area contributed by atoms with Crippen molar-refractivity contribution < 1.29 is 13.9 Å². The highest BCUT2D eigenvalue weighted by Crippen LogP contribution is 2.09. The van der Waals surface area contributed by atoms with Crippen LogP contribution in [0.1, 0.15) is 25.0 Å². The van der Waals surface area contributed by atoms with Gasteiger partial charge in [-0.3, -0.25) is 0 Å². The van der Waals surface area contributed by atoms with Gasteiger partial charge in [0.25, 0.3) is 0 Å². The molecular weight excluding hydrogens is 245 g/mol. The monoisotopic (exact) mass is 265 g/mol. The van der Waals surface area contributed by atoms with Gasteiger partial charge in [-0.05, 0) is 37.6 Å². The van der Waals surface area contributed by atoms with Crippen LogP contribution in [0.5, 0.6) is 0 Å². The molecule has 0 aliphatic heterocycles. The first-order valence-electron chi connectivity index (χ1n) is 6.29. The van der Waals surface area contributed by atoms with Gasteiger partial charge in [-0.1, -0.05) is 11.8 Å². The van der Waals surface area contributed by atoms with Gasteiger partial charge in [-0.15, -0.1) is 0 Å². The molecule has 19 heavy (non-hydrogen) atoms. The normalized spacial score (nSPS) is 10.4. The minimum atomic E-state index is -0.319.